The molecule has 1 spiro atoms. The zero-order valence-corrected chi connectivity index (χ0v) is 15.4. The van der Waals surface area contributed by atoms with Crippen molar-refractivity contribution in [2.24, 2.45) is 0 Å². The zero-order valence-electron chi connectivity index (χ0n) is 13.8. The van der Waals surface area contributed by atoms with Crippen molar-refractivity contribution in [3.05, 3.63) is 27.7 Å². The molecule has 0 saturated carbocycles. The molecule has 3 aliphatic heterocycles. The van der Waals surface area contributed by atoms with Crippen LogP contribution in [0.3, 0.4) is 0 Å². The van der Waals surface area contributed by atoms with E-state index >= 15 is 0 Å². The van der Waals surface area contributed by atoms with Gasteiger partial charge in [-0.3, -0.25) is 0 Å². The summed E-state index contributed by atoms with van der Waals surface area (Å²) < 4.78 is 19.9. The van der Waals surface area contributed by atoms with Crippen LogP contribution < -0.4 is 4.74 Å². The van der Waals surface area contributed by atoms with Gasteiger partial charge in [0, 0.05) is 18.4 Å². The summed E-state index contributed by atoms with van der Waals surface area (Å²) in [5, 5.41) is 0. The Morgan fingerprint density at radius 2 is 2.22 bits per heavy atom. The third-order valence-electron chi connectivity index (χ3n) is 5.35. The highest BCUT2D eigenvalue weighted by Crippen LogP contribution is 2.52. The fourth-order valence-corrected chi connectivity index (χ4v) is 4.63. The molecule has 3 heterocycles. The zero-order chi connectivity index (χ0) is 15.9. The van der Waals surface area contributed by atoms with E-state index in [1.54, 1.807) is 0 Å². The maximum atomic E-state index is 6.50. The lowest BCUT2D eigenvalue weighted by atomic mass is 9.86. The lowest BCUT2D eigenvalue weighted by Gasteiger charge is -2.43. The van der Waals surface area contributed by atoms with Crippen LogP contribution >= 0.6 is 15.9 Å². The quantitative estimate of drug-likeness (QED) is 0.663. The van der Waals surface area contributed by atoms with Crippen molar-refractivity contribution in [2.75, 3.05) is 6.61 Å². The van der Waals surface area contributed by atoms with E-state index in [-0.39, 0.29) is 6.10 Å². The Kier molecular flexibility index (Phi) is 4.41. The SMILES string of the molecule is CCCCC[C@@H]1Cc2ccc(Br)c3c2[C@@H](C[C@]2(CCCO2)O3)O1. The molecule has 0 aliphatic carbocycles. The molecule has 3 aliphatic rings. The maximum absolute atomic E-state index is 6.50. The van der Waals surface area contributed by atoms with Crippen LogP contribution in [-0.4, -0.2) is 18.5 Å². The number of unbranched alkanes of at least 4 members (excludes halogenated alkanes) is 2. The molecule has 1 saturated heterocycles. The van der Waals surface area contributed by atoms with Crippen molar-refractivity contribution >= 4 is 15.9 Å². The van der Waals surface area contributed by atoms with Gasteiger partial charge in [-0.15, -0.1) is 0 Å². The Morgan fingerprint density at radius 3 is 3.00 bits per heavy atom. The molecule has 126 valence electrons. The van der Waals surface area contributed by atoms with Gasteiger partial charge in [0.05, 0.1) is 23.3 Å². The minimum atomic E-state index is -0.468. The second-order valence-electron chi connectivity index (χ2n) is 7.06. The van der Waals surface area contributed by atoms with E-state index in [1.165, 1.54) is 30.4 Å². The molecule has 3 atom stereocenters. The van der Waals surface area contributed by atoms with E-state index in [2.05, 4.69) is 35.0 Å². The first kappa shape index (κ1) is 15.9. The van der Waals surface area contributed by atoms with E-state index in [4.69, 9.17) is 14.2 Å². The monoisotopic (exact) mass is 380 g/mol. The number of halogens is 1. The Balaban J connectivity index is 1.63. The molecule has 1 aromatic rings. The largest absolute Gasteiger partial charge is 0.461 e. The van der Waals surface area contributed by atoms with E-state index in [0.29, 0.717) is 6.10 Å². The molecule has 0 amide bonds. The Hall–Kier alpha value is -0.580. The van der Waals surface area contributed by atoms with Crippen LogP contribution in [0.5, 0.6) is 5.75 Å². The smallest absolute Gasteiger partial charge is 0.213 e. The fraction of sp³-hybridized carbons (Fsp3) is 0.684. The van der Waals surface area contributed by atoms with Gasteiger partial charge in [0.1, 0.15) is 5.75 Å². The number of hydrogen-bond donors (Lipinski definition) is 0. The first-order valence-electron chi connectivity index (χ1n) is 9.00. The van der Waals surface area contributed by atoms with Crippen LogP contribution in [0.4, 0.5) is 0 Å². The van der Waals surface area contributed by atoms with Crippen LogP contribution in [0.1, 0.15) is 69.1 Å². The van der Waals surface area contributed by atoms with E-state index < -0.39 is 5.79 Å². The fourth-order valence-electron chi connectivity index (χ4n) is 4.21. The second-order valence-corrected chi connectivity index (χ2v) is 7.92. The van der Waals surface area contributed by atoms with Gasteiger partial charge < -0.3 is 14.2 Å². The second kappa shape index (κ2) is 6.38. The summed E-state index contributed by atoms with van der Waals surface area (Å²) in [7, 11) is 0. The third kappa shape index (κ3) is 2.94. The standard InChI is InChI=1S/C19H25BrO3/c1-2-3-4-6-14-11-13-7-8-15(20)18-17(13)16(22-14)12-19(23-18)9-5-10-21-19/h7-8,14,16H,2-6,9-12H2,1H3/t14-,16-,19+/m1/s1. The average molecular weight is 381 g/mol. The maximum Gasteiger partial charge on any atom is 0.213 e. The number of rotatable bonds is 4. The van der Waals surface area contributed by atoms with E-state index in [1.807, 2.05) is 0 Å². The van der Waals surface area contributed by atoms with Gasteiger partial charge in [0.15, 0.2) is 0 Å². The molecular weight excluding hydrogens is 356 g/mol. The molecule has 0 aromatic heterocycles. The van der Waals surface area contributed by atoms with Gasteiger partial charge in [-0.25, -0.2) is 0 Å². The molecule has 4 heteroatoms. The van der Waals surface area contributed by atoms with Gasteiger partial charge in [0.25, 0.3) is 0 Å². The van der Waals surface area contributed by atoms with Crippen molar-refractivity contribution < 1.29 is 14.2 Å². The first-order chi connectivity index (χ1) is 11.2. The summed E-state index contributed by atoms with van der Waals surface area (Å²) in [4.78, 5) is 0. The van der Waals surface area contributed by atoms with Crippen molar-refractivity contribution in [1.82, 2.24) is 0 Å². The highest BCUT2D eigenvalue weighted by atomic mass is 79.9. The van der Waals surface area contributed by atoms with E-state index in [9.17, 15) is 0 Å². The van der Waals surface area contributed by atoms with Crippen LogP contribution in [0, 0.1) is 0 Å². The Morgan fingerprint density at radius 1 is 1.30 bits per heavy atom. The summed E-state index contributed by atoms with van der Waals surface area (Å²) in [5.41, 5.74) is 2.65. The minimum Gasteiger partial charge on any atom is -0.461 e. The third-order valence-corrected chi connectivity index (χ3v) is 5.97. The van der Waals surface area contributed by atoms with Gasteiger partial charge in [-0.2, -0.15) is 0 Å². The van der Waals surface area contributed by atoms with Crippen molar-refractivity contribution in [2.45, 2.75) is 76.3 Å². The van der Waals surface area contributed by atoms with Crippen molar-refractivity contribution in [1.29, 1.82) is 0 Å². The highest BCUT2D eigenvalue weighted by Gasteiger charge is 2.48. The Labute approximate surface area is 146 Å². The molecule has 4 rings (SSSR count). The Bertz CT molecular complexity index is 580. The normalized spacial score (nSPS) is 31.9. The molecule has 23 heavy (non-hydrogen) atoms. The van der Waals surface area contributed by atoms with Crippen molar-refractivity contribution in [3.8, 4) is 5.75 Å². The summed E-state index contributed by atoms with van der Waals surface area (Å²) in [5.74, 6) is 0.483. The summed E-state index contributed by atoms with van der Waals surface area (Å²) in [6.07, 6.45) is 9.28. The molecule has 1 aromatic carbocycles. The topological polar surface area (TPSA) is 27.7 Å². The number of hydrogen-bond acceptors (Lipinski definition) is 3. The lowest BCUT2D eigenvalue weighted by Crippen LogP contribution is -2.43. The van der Waals surface area contributed by atoms with Crippen LogP contribution in [0.2, 0.25) is 0 Å². The van der Waals surface area contributed by atoms with E-state index in [0.717, 1.165) is 48.9 Å². The highest BCUT2D eigenvalue weighted by molar-refractivity contribution is 9.10. The molecule has 0 N–H and O–H groups in total. The lowest BCUT2D eigenvalue weighted by molar-refractivity contribution is -0.197. The van der Waals surface area contributed by atoms with Gasteiger partial charge in [-0.05, 0) is 46.8 Å². The van der Waals surface area contributed by atoms with Gasteiger partial charge in [-0.1, -0.05) is 32.3 Å². The van der Waals surface area contributed by atoms with Gasteiger partial charge in [0.2, 0.25) is 5.79 Å². The van der Waals surface area contributed by atoms with Crippen LogP contribution in [0.15, 0.2) is 16.6 Å². The van der Waals surface area contributed by atoms with Crippen molar-refractivity contribution in [3.63, 3.8) is 0 Å². The molecular formula is C19H25BrO3. The summed E-state index contributed by atoms with van der Waals surface area (Å²) in [6, 6.07) is 4.36. The van der Waals surface area contributed by atoms with Crippen LogP contribution in [0.25, 0.3) is 0 Å². The van der Waals surface area contributed by atoms with Crippen LogP contribution in [-0.2, 0) is 15.9 Å². The number of benzene rings is 1. The predicted molar refractivity (Wildman–Crippen MR) is 92.8 cm³/mol. The molecule has 3 nitrogen and oxygen atoms in total. The first-order valence-corrected chi connectivity index (χ1v) is 9.80. The minimum absolute atomic E-state index is 0.115. The molecule has 1 fully saturated rings. The predicted octanol–water partition coefficient (Wildman–Crippen LogP) is 5.30. The molecule has 0 radical (unpaired) electrons. The average Bonchev–Trinajstić information content (AvgIpc) is 2.98. The summed E-state index contributed by atoms with van der Waals surface area (Å²) >= 11 is 3.66. The summed E-state index contributed by atoms with van der Waals surface area (Å²) in [6.45, 7) is 3.04. The molecule has 0 bridgehead atoms. The van der Waals surface area contributed by atoms with Gasteiger partial charge >= 0.3 is 0 Å². The molecule has 0 unspecified atom stereocenters. The number of ether oxygens (including phenoxy) is 3.